The predicted molar refractivity (Wildman–Crippen MR) is 43.7 cm³/mol. The number of ether oxygens (including phenoxy) is 2. The van der Waals surface area contributed by atoms with Gasteiger partial charge in [0.25, 0.3) is 0 Å². The molecule has 1 aliphatic rings. The van der Waals surface area contributed by atoms with Gasteiger partial charge in [-0.1, -0.05) is 6.92 Å². The first-order chi connectivity index (χ1) is 5.29. The highest BCUT2D eigenvalue weighted by Crippen LogP contribution is 2.13. The lowest BCUT2D eigenvalue weighted by atomic mass is 10.2. The first-order valence-electron chi connectivity index (χ1n) is 4.10. The van der Waals surface area contributed by atoms with Crippen molar-refractivity contribution in [2.24, 2.45) is 0 Å². The molecule has 0 spiro atoms. The second-order valence-corrected chi connectivity index (χ2v) is 2.95. The minimum absolute atomic E-state index is 0.264. The Hall–Kier alpha value is -0.120. The van der Waals surface area contributed by atoms with E-state index >= 15 is 0 Å². The van der Waals surface area contributed by atoms with E-state index in [-0.39, 0.29) is 6.10 Å². The third-order valence-electron chi connectivity index (χ3n) is 2.37. The molecule has 0 bridgehead atoms. The molecule has 1 heterocycles. The molecule has 0 radical (unpaired) electrons. The number of hydrogen-bond acceptors (Lipinski definition) is 3. The van der Waals surface area contributed by atoms with Crippen LogP contribution in [0.1, 0.15) is 6.92 Å². The summed E-state index contributed by atoms with van der Waals surface area (Å²) in [6, 6.07) is 0.449. The third kappa shape index (κ3) is 1.92. The first-order valence-corrected chi connectivity index (χ1v) is 4.10. The van der Waals surface area contributed by atoms with Crippen molar-refractivity contribution in [1.29, 1.82) is 0 Å². The zero-order valence-corrected chi connectivity index (χ0v) is 7.54. The van der Waals surface area contributed by atoms with E-state index in [0.29, 0.717) is 6.04 Å². The first kappa shape index (κ1) is 8.97. The average molecular weight is 159 g/mol. The maximum absolute atomic E-state index is 5.32. The zero-order valence-electron chi connectivity index (χ0n) is 7.54. The van der Waals surface area contributed by atoms with Gasteiger partial charge in [-0.05, 0) is 13.6 Å². The lowest BCUT2D eigenvalue weighted by molar-refractivity contribution is 0.0503. The van der Waals surface area contributed by atoms with Crippen molar-refractivity contribution in [1.82, 2.24) is 4.90 Å². The molecule has 0 saturated carbocycles. The van der Waals surface area contributed by atoms with E-state index in [1.165, 1.54) is 0 Å². The maximum Gasteiger partial charge on any atom is 0.0981 e. The molecule has 2 atom stereocenters. The Morgan fingerprint density at radius 3 is 2.82 bits per heavy atom. The fourth-order valence-electron chi connectivity index (χ4n) is 1.39. The number of rotatable bonds is 3. The summed E-state index contributed by atoms with van der Waals surface area (Å²) in [6.07, 6.45) is 0.264. The van der Waals surface area contributed by atoms with Gasteiger partial charge in [0.2, 0.25) is 0 Å². The molecule has 11 heavy (non-hydrogen) atoms. The van der Waals surface area contributed by atoms with E-state index in [2.05, 4.69) is 18.9 Å². The van der Waals surface area contributed by atoms with Crippen molar-refractivity contribution in [2.45, 2.75) is 19.1 Å². The van der Waals surface area contributed by atoms with E-state index in [1.54, 1.807) is 7.11 Å². The van der Waals surface area contributed by atoms with Crippen molar-refractivity contribution in [2.75, 3.05) is 33.9 Å². The Balaban J connectivity index is 2.42. The summed E-state index contributed by atoms with van der Waals surface area (Å²) in [5.74, 6) is 0. The SMILES string of the molecule is CCN(C)[C@H]1COC[C@@H]1OC. The van der Waals surface area contributed by atoms with E-state index in [1.807, 2.05) is 0 Å². The molecule has 3 nitrogen and oxygen atoms in total. The molecule has 0 unspecified atom stereocenters. The number of methoxy groups -OCH3 is 1. The molecule has 0 aromatic heterocycles. The summed E-state index contributed by atoms with van der Waals surface area (Å²) in [5, 5.41) is 0. The molecular formula is C8H17NO2. The van der Waals surface area contributed by atoms with Crippen molar-refractivity contribution in [3.05, 3.63) is 0 Å². The second-order valence-electron chi connectivity index (χ2n) is 2.95. The topological polar surface area (TPSA) is 21.7 Å². The van der Waals surface area contributed by atoms with Gasteiger partial charge in [0, 0.05) is 7.11 Å². The molecule has 3 heteroatoms. The van der Waals surface area contributed by atoms with Crippen LogP contribution in [-0.4, -0.2) is 51.0 Å². The Morgan fingerprint density at radius 1 is 1.55 bits per heavy atom. The van der Waals surface area contributed by atoms with Crippen LogP contribution in [-0.2, 0) is 9.47 Å². The van der Waals surface area contributed by atoms with Crippen LogP contribution in [0.5, 0.6) is 0 Å². The van der Waals surface area contributed by atoms with Crippen molar-refractivity contribution in [3.63, 3.8) is 0 Å². The number of hydrogen-bond donors (Lipinski definition) is 0. The van der Waals surface area contributed by atoms with Crippen molar-refractivity contribution >= 4 is 0 Å². The average Bonchev–Trinajstić information content (AvgIpc) is 2.50. The van der Waals surface area contributed by atoms with Crippen LogP contribution in [0.2, 0.25) is 0 Å². The highest BCUT2D eigenvalue weighted by atomic mass is 16.5. The van der Waals surface area contributed by atoms with Crippen molar-refractivity contribution in [3.8, 4) is 0 Å². The number of likely N-dealkylation sites (N-methyl/N-ethyl adjacent to an activating group) is 1. The Bertz CT molecular complexity index is 119. The van der Waals surface area contributed by atoms with Gasteiger partial charge in [-0.2, -0.15) is 0 Å². The highest BCUT2D eigenvalue weighted by molar-refractivity contribution is 4.82. The minimum Gasteiger partial charge on any atom is -0.377 e. The van der Waals surface area contributed by atoms with Crippen LogP contribution in [0, 0.1) is 0 Å². The molecule has 1 rings (SSSR count). The Labute approximate surface area is 68.3 Å². The van der Waals surface area contributed by atoms with Gasteiger partial charge in [0.05, 0.1) is 25.4 Å². The van der Waals surface area contributed by atoms with Crippen LogP contribution < -0.4 is 0 Å². The molecule has 0 aliphatic carbocycles. The summed E-state index contributed by atoms with van der Waals surface area (Å²) in [4.78, 5) is 2.27. The van der Waals surface area contributed by atoms with Gasteiger partial charge in [0.1, 0.15) is 0 Å². The Kier molecular flexibility index (Phi) is 3.30. The summed E-state index contributed by atoms with van der Waals surface area (Å²) >= 11 is 0. The lowest BCUT2D eigenvalue weighted by Gasteiger charge is -2.25. The molecule has 1 aliphatic heterocycles. The largest absolute Gasteiger partial charge is 0.377 e. The minimum atomic E-state index is 0.264. The zero-order chi connectivity index (χ0) is 8.27. The van der Waals surface area contributed by atoms with E-state index < -0.39 is 0 Å². The summed E-state index contributed by atoms with van der Waals surface area (Å²) in [6.45, 7) is 4.74. The van der Waals surface area contributed by atoms with Crippen molar-refractivity contribution < 1.29 is 9.47 Å². The molecule has 0 N–H and O–H groups in total. The smallest absolute Gasteiger partial charge is 0.0981 e. The van der Waals surface area contributed by atoms with E-state index in [4.69, 9.17) is 9.47 Å². The second kappa shape index (κ2) is 4.04. The van der Waals surface area contributed by atoms with E-state index in [9.17, 15) is 0 Å². The fraction of sp³-hybridized carbons (Fsp3) is 1.00. The van der Waals surface area contributed by atoms with Crippen LogP contribution in [0.3, 0.4) is 0 Å². The monoisotopic (exact) mass is 159 g/mol. The molecule has 66 valence electrons. The van der Waals surface area contributed by atoms with Gasteiger partial charge >= 0.3 is 0 Å². The normalized spacial score (nSPS) is 31.6. The molecule has 1 saturated heterocycles. The summed E-state index contributed by atoms with van der Waals surface area (Å²) < 4.78 is 10.6. The van der Waals surface area contributed by atoms with Crippen LogP contribution >= 0.6 is 0 Å². The number of nitrogens with zero attached hydrogens (tertiary/aromatic N) is 1. The van der Waals surface area contributed by atoms with Crippen LogP contribution in [0.25, 0.3) is 0 Å². The molecule has 0 aromatic carbocycles. The van der Waals surface area contributed by atoms with Gasteiger partial charge in [-0.15, -0.1) is 0 Å². The van der Waals surface area contributed by atoms with Crippen LogP contribution in [0.4, 0.5) is 0 Å². The van der Waals surface area contributed by atoms with Gasteiger partial charge < -0.3 is 9.47 Å². The molecule has 0 aromatic rings. The fourth-order valence-corrected chi connectivity index (χ4v) is 1.39. The van der Waals surface area contributed by atoms with Gasteiger partial charge in [0.15, 0.2) is 0 Å². The Morgan fingerprint density at radius 2 is 2.27 bits per heavy atom. The third-order valence-corrected chi connectivity index (χ3v) is 2.37. The summed E-state index contributed by atoms with van der Waals surface area (Å²) in [5.41, 5.74) is 0. The quantitative estimate of drug-likeness (QED) is 0.593. The molecule has 1 fully saturated rings. The summed E-state index contributed by atoms with van der Waals surface area (Å²) in [7, 11) is 3.85. The lowest BCUT2D eigenvalue weighted by Crippen LogP contribution is -2.41. The maximum atomic E-state index is 5.32. The van der Waals surface area contributed by atoms with Crippen LogP contribution in [0.15, 0.2) is 0 Å². The highest BCUT2D eigenvalue weighted by Gasteiger charge is 2.30. The predicted octanol–water partition coefficient (Wildman–Crippen LogP) is 0.352. The molecule has 0 amide bonds. The molecular weight excluding hydrogens is 142 g/mol. The van der Waals surface area contributed by atoms with Gasteiger partial charge in [-0.3, -0.25) is 4.90 Å². The van der Waals surface area contributed by atoms with E-state index in [0.717, 1.165) is 19.8 Å². The standard InChI is InChI=1S/C8H17NO2/c1-4-9(2)7-5-11-6-8(7)10-3/h7-8H,4-6H2,1-3H3/t7-,8-/m0/s1. The van der Waals surface area contributed by atoms with Gasteiger partial charge in [-0.25, -0.2) is 0 Å².